The summed E-state index contributed by atoms with van der Waals surface area (Å²) >= 11 is 6.22. The fourth-order valence-corrected chi connectivity index (χ4v) is 6.20. The minimum atomic E-state index is -4.47. The van der Waals surface area contributed by atoms with Gasteiger partial charge in [0.15, 0.2) is 4.90 Å². The van der Waals surface area contributed by atoms with Crippen LogP contribution in [0, 0.1) is 12.9 Å². The third-order valence-corrected chi connectivity index (χ3v) is 8.73. The molecule has 0 aliphatic heterocycles. The number of aryl methyl sites for hydroxylation is 1. The van der Waals surface area contributed by atoms with Gasteiger partial charge in [-0.25, -0.2) is 13.4 Å². The van der Waals surface area contributed by atoms with E-state index in [-0.39, 0.29) is 4.90 Å². The first-order valence-corrected chi connectivity index (χ1v) is 14.5. The Balaban J connectivity index is 1.87. The highest BCUT2D eigenvalue weighted by atomic mass is 35.5. The van der Waals surface area contributed by atoms with E-state index in [1.807, 2.05) is 19.9 Å². The van der Waals surface area contributed by atoms with Crippen LogP contribution in [-0.4, -0.2) is 28.1 Å². The zero-order valence-corrected chi connectivity index (χ0v) is 23.4. The molecule has 1 unspecified atom stereocenters. The van der Waals surface area contributed by atoms with Crippen molar-refractivity contribution in [2.24, 2.45) is 0 Å². The Morgan fingerprint density at radius 2 is 1.82 bits per heavy atom. The largest absolute Gasteiger partial charge is 0.493 e. The van der Waals surface area contributed by atoms with Gasteiger partial charge in [0.2, 0.25) is 21.7 Å². The first-order chi connectivity index (χ1) is 18.6. The van der Waals surface area contributed by atoms with Gasteiger partial charge < -0.3 is 5.11 Å². The minimum absolute atomic E-state index is 0.198. The summed E-state index contributed by atoms with van der Waals surface area (Å²) < 4.78 is 42.8. The van der Waals surface area contributed by atoms with Crippen molar-refractivity contribution in [3.63, 3.8) is 0 Å². The van der Waals surface area contributed by atoms with Crippen molar-refractivity contribution in [2.75, 3.05) is 0 Å². The van der Waals surface area contributed by atoms with Crippen molar-refractivity contribution in [3.8, 4) is 17.0 Å². The van der Waals surface area contributed by atoms with Crippen LogP contribution < -0.4 is 5.56 Å². The predicted molar refractivity (Wildman–Crippen MR) is 148 cm³/mol. The monoisotopic (exact) mass is 569 g/mol. The van der Waals surface area contributed by atoms with Gasteiger partial charge in [0, 0.05) is 23.2 Å². The van der Waals surface area contributed by atoms with Crippen LogP contribution in [0.2, 0.25) is 5.02 Å². The van der Waals surface area contributed by atoms with Crippen molar-refractivity contribution >= 4 is 21.4 Å². The van der Waals surface area contributed by atoms with Gasteiger partial charge in [-0.2, -0.15) is 9.37 Å². The van der Waals surface area contributed by atoms with Crippen LogP contribution in [0.4, 0.5) is 4.39 Å². The number of hydrogen-bond acceptors (Lipinski definition) is 6. The summed E-state index contributed by atoms with van der Waals surface area (Å²) in [5.74, 6) is -0.978. The molecule has 7 nitrogen and oxygen atoms in total. The molecule has 1 atom stereocenters. The molecule has 4 rings (SSSR count). The van der Waals surface area contributed by atoms with Crippen LogP contribution in [0.1, 0.15) is 56.1 Å². The van der Waals surface area contributed by atoms with Crippen LogP contribution in [0.25, 0.3) is 11.1 Å². The number of hydrogen-bond donors (Lipinski definition) is 1. The Hall–Kier alpha value is -3.56. The fourth-order valence-electron chi connectivity index (χ4n) is 4.66. The summed E-state index contributed by atoms with van der Waals surface area (Å²) in [6.45, 7) is 5.46. The fraction of sp³-hybridized carbons (Fsp3) is 0.276. The van der Waals surface area contributed by atoms with Gasteiger partial charge in [0.1, 0.15) is 5.82 Å². The average Bonchev–Trinajstić information content (AvgIpc) is 2.90. The number of sulfone groups is 1. The summed E-state index contributed by atoms with van der Waals surface area (Å²) in [7, 11) is -4.47. The van der Waals surface area contributed by atoms with Gasteiger partial charge in [0.05, 0.1) is 10.9 Å². The number of unbranched alkanes of at least 4 members (excludes halogenated alkanes) is 1. The second-order valence-corrected chi connectivity index (χ2v) is 11.6. The lowest BCUT2D eigenvalue weighted by molar-refractivity contribution is 0.358. The second kappa shape index (κ2) is 11.7. The number of aromatic nitrogens is 3. The zero-order chi connectivity index (χ0) is 28.3. The van der Waals surface area contributed by atoms with Crippen LogP contribution in [-0.2, 0) is 16.3 Å². The summed E-state index contributed by atoms with van der Waals surface area (Å²) in [6.07, 6.45) is 3.71. The van der Waals surface area contributed by atoms with Crippen molar-refractivity contribution in [2.45, 2.75) is 62.3 Å². The van der Waals surface area contributed by atoms with E-state index in [1.54, 1.807) is 31.2 Å². The molecule has 39 heavy (non-hydrogen) atoms. The van der Waals surface area contributed by atoms with Gasteiger partial charge >= 0.3 is 0 Å². The smallest absolute Gasteiger partial charge is 0.296 e. The van der Waals surface area contributed by atoms with Gasteiger partial charge in [-0.15, -0.1) is 0 Å². The number of aromatic hydroxyl groups is 1. The van der Waals surface area contributed by atoms with Crippen molar-refractivity contribution in [3.05, 3.63) is 99.1 Å². The molecule has 0 aliphatic rings. The summed E-state index contributed by atoms with van der Waals surface area (Å²) in [4.78, 5) is 19.9. The number of halogens is 2. The maximum Gasteiger partial charge on any atom is 0.296 e. The first-order valence-electron chi connectivity index (χ1n) is 12.7. The third-order valence-electron chi connectivity index (χ3n) is 6.71. The summed E-state index contributed by atoms with van der Waals surface area (Å²) in [5, 5.41) is 11.9. The maximum absolute atomic E-state index is 13.9. The van der Waals surface area contributed by atoms with E-state index in [0.717, 1.165) is 12.0 Å². The van der Waals surface area contributed by atoms with E-state index < -0.39 is 38.2 Å². The lowest BCUT2D eigenvalue weighted by Crippen LogP contribution is -2.27. The Labute approximate surface area is 231 Å². The Bertz CT molecular complexity index is 1670. The normalized spacial score (nSPS) is 12.4. The molecule has 0 fully saturated rings. The zero-order valence-electron chi connectivity index (χ0n) is 21.9. The van der Waals surface area contributed by atoms with Gasteiger partial charge in [-0.05, 0) is 66.8 Å². The molecule has 10 heteroatoms. The quantitative estimate of drug-likeness (QED) is 0.238. The molecule has 1 N–H and O–H groups in total. The molecule has 0 saturated heterocycles. The summed E-state index contributed by atoms with van der Waals surface area (Å²) in [6, 6.07) is 13.9. The average molecular weight is 570 g/mol. The third kappa shape index (κ3) is 5.60. The lowest BCUT2D eigenvalue weighted by atomic mass is 10.0. The lowest BCUT2D eigenvalue weighted by Gasteiger charge is -2.25. The van der Waals surface area contributed by atoms with Crippen LogP contribution in [0.15, 0.2) is 75.4 Å². The van der Waals surface area contributed by atoms with E-state index in [9.17, 15) is 22.7 Å². The molecule has 4 aromatic rings. The highest BCUT2D eigenvalue weighted by molar-refractivity contribution is 7.91. The molecule has 0 amide bonds. The molecule has 2 aromatic carbocycles. The van der Waals surface area contributed by atoms with E-state index in [0.29, 0.717) is 46.8 Å². The second-order valence-electron chi connectivity index (χ2n) is 9.24. The van der Waals surface area contributed by atoms with Crippen molar-refractivity contribution in [1.29, 1.82) is 0 Å². The van der Waals surface area contributed by atoms with E-state index in [2.05, 4.69) is 9.97 Å². The molecule has 0 spiro atoms. The maximum atomic E-state index is 13.9. The standard InChI is InChI=1S/C29H29ClFN3O4S/c1-4-6-10-25-33-28(35)26(29(36)34(25)24(5-2)20-8-7-9-21(30)17-20)39(37,38)22-13-11-19(12-14-22)23-15-16-32-27(31)18(23)3/h7-9,11-17,24,36H,4-6,10H2,1-3H3. The summed E-state index contributed by atoms with van der Waals surface area (Å²) in [5.41, 5.74) is 1.19. The number of nitrogens with zero attached hydrogens (tertiary/aromatic N) is 3. The molecular weight excluding hydrogens is 541 g/mol. The van der Waals surface area contributed by atoms with Crippen LogP contribution in [0.5, 0.6) is 5.88 Å². The Morgan fingerprint density at radius 3 is 2.46 bits per heavy atom. The first kappa shape index (κ1) is 28.4. The van der Waals surface area contributed by atoms with E-state index in [4.69, 9.17) is 11.6 Å². The number of rotatable bonds is 9. The molecule has 204 valence electrons. The molecule has 2 heterocycles. The van der Waals surface area contributed by atoms with Gasteiger partial charge in [0.25, 0.3) is 5.56 Å². The minimum Gasteiger partial charge on any atom is -0.493 e. The van der Waals surface area contributed by atoms with Gasteiger partial charge in [-0.3, -0.25) is 9.36 Å². The molecule has 2 aromatic heterocycles. The van der Waals surface area contributed by atoms with Crippen molar-refractivity contribution in [1.82, 2.24) is 14.5 Å². The highest BCUT2D eigenvalue weighted by Crippen LogP contribution is 2.34. The Kier molecular flexibility index (Phi) is 8.51. The van der Waals surface area contributed by atoms with Crippen LogP contribution >= 0.6 is 11.6 Å². The molecule has 0 bridgehead atoms. The number of pyridine rings is 1. The molecule has 0 aliphatic carbocycles. The molecule has 0 radical (unpaired) electrons. The van der Waals surface area contributed by atoms with Crippen LogP contribution in [0.3, 0.4) is 0 Å². The SMILES string of the molecule is CCCCc1nc(=O)c(S(=O)(=O)c2ccc(-c3ccnc(F)c3C)cc2)c(O)n1C(CC)c1cccc(Cl)c1. The van der Waals surface area contributed by atoms with Gasteiger partial charge in [-0.1, -0.05) is 56.1 Å². The topological polar surface area (TPSA) is 102 Å². The van der Waals surface area contributed by atoms with E-state index in [1.165, 1.54) is 35.0 Å². The highest BCUT2D eigenvalue weighted by Gasteiger charge is 2.32. The molecular formula is C29H29ClFN3O4S. The predicted octanol–water partition coefficient (Wildman–Crippen LogP) is 6.29. The number of benzene rings is 2. The Morgan fingerprint density at radius 1 is 1.10 bits per heavy atom. The molecule has 0 saturated carbocycles. The van der Waals surface area contributed by atoms with E-state index >= 15 is 0 Å². The van der Waals surface area contributed by atoms with Crippen molar-refractivity contribution < 1.29 is 17.9 Å².